The molecule has 0 aromatic heterocycles. The number of ether oxygens (including phenoxy) is 2. The van der Waals surface area contributed by atoms with Crippen LogP contribution in [0.3, 0.4) is 0 Å². The quantitative estimate of drug-likeness (QED) is 0.243. The maximum atomic E-state index is 14.1. The Hall–Kier alpha value is -4.83. The summed E-state index contributed by atoms with van der Waals surface area (Å²) in [4.78, 5) is 54.6. The van der Waals surface area contributed by atoms with Crippen LogP contribution >= 0.6 is 0 Å². The van der Waals surface area contributed by atoms with Gasteiger partial charge in [-0.05, 0) is 65.7 Å². The molecular weight excluding hydrogens is 548 g/mol. The monoisotopic (exact) mass is 588 g/mol. The molecule has 3 amide bonds. The van der Waals surface area contributed by atoms with Gasteiger partial charge in [-0.3, -0.25) is 9.59 Å². The number of terminal acetylenes is 1. The van der Waals surface area contributed by atoms with E-state index >= 15 is 0 Å². The zero-order valence-electron chi connectivity index (χ0n) is 25.8. The summed E-state index contributed by atoms with van der Waals surface area (Å²) in [6.45, 7) is 11.1. The molecule has 2 aromatic carbocycles. The minimum atomic E-state index is -1.43. The average molecular weight is 589 g/mol. The highest BCUT2D eigenvalue weighted by molar-refractivity contribution is 5.94. The third-order valence-electron chi connectivity index (χ3n) is 5.89. The van der Waals surface area contributed by atoms with Gasteiger partial charge in [0, 0.05) is 12.0 Å². The van der Waals surface area contributed by atoms with Crippen LogP contribution in [-0.4, -0.2) is 58.6 Å². The third-order valence-corrected chi connectivity index (χ3v) is 5.89. The fourth-order valence-corrected chi connectivity index (χ4v) is 4.15. The van der Waals surface area contributed by atoms with Gasteiger partial charge in [-0.25, -0.2) is 9.59 Å². The first kappa shape index (κ1) is 34.4. The second-order valence-corrected chi connectivity index (χ2v) is 11.9. The van der Waals surface area contributed by atoms with E-state index in [0.29, 0.717) is 5.56 Å². The van der Waals surface area contributed by atoms with Crippen LogP contribution in [0.4, 0.5) is 4.79 Å². The van der Waals surface area contributed by atoms with Crippen molar-refractivity contribution in [3.05, 3.63) is 71.3 Å². The van der Waals surface area contributed by atoms with E-state index < -0.39 is 59.7 Å². The number of hydrogen-bond donors (Lipinski definition) is 2. The number of nitrogens with one attached hydrogen (secondary N) is 2. The van der Waals surface area contributed by atoms with E-state index in [1.54, 1.807) is 65.8 Å². The van der Waals surface area contributed by atoms with Gasteiger partial charge in [-0.2, -0.15) is 5.26 Å². The minimum Gasteiger partial charge on any atom is -0.458 e. The highest BCUT2D eigenvalue weighted by Gasteiger charge is 2.38. The van der Waals surface area contributed by atoms with Gasteiger partial charge in [-0.15, -0.1) is 6.42 Å². The second kappa shape index (κ2) is 14.9. The van der Waals surface area contributed by atoms with Gasteiger partial charge in [0.2, 0.25) is 11.8 Å². The molecule has 0 spiro atoms. The van der Waals surface area contributed by atoms with Gasteiger partial charge in [0.05, 0.1) is 6.07 Å². The molecule has 0 bridgehead atoms. The Labute approximate surface area is 253 Å². The van der Waals surface area contributed by atoms with Crippen LogP contribution in [0, 0.1) is 23.7 Å². The molecule has 0 saturated carbocycles. The number of rotatable bonds is 10. The smallest absolute Gasteiger partial charge is 0.408 e. The Morgan fingerprint density at radius 3 is 2.05 bits per heavy atom. The van der Waals surface area contributed by atoms with Gasteiger partial charge in [0.25, 0.3) is 0 Å². The van der Waals surface area contributed by atoms with Crippen LogP contribution in [0.1, 0.15) is 71.2 Å². The van der Waals surface area contributed by atoms with E-state index in [-0.39, 0.29) is 12.0 Å². The first-order valence-corrected chi connectivity index (χ1v) is 13.9. The molecular formula is C33H40N4O6. The molecule has 3 unspecified atom stereocenters. The Morgan fingerprint density at radius 2 is 1.49 bits per heavy atom. The van der Waals surface area contributed by atoms with Gasteiger partial charge in [-0.1, -0.05) is 54.5 Å². The van der Waals surface area contributed by atoms with Gasteiger partial charge in [0.15, 0.2) is 0 Å². The number of nitrogens with zero attached hydrogens (tertiary/aromatic N) is 2. The molecule has 0 heterocycles. The van der Waals surface area contributed by atoms with Crippen molar-refractivity contribution in [1.29, 1.82) is 5.26 Å². The lowest BCUT2D eigenvalue weighted by Gasteiger charge is -2.33. The predicted molar refractivity (Wildman–Crippen MR) is 161 cm³/mol. The Morgan fingerprint density at radius 1 is 0.907 bits per heavy atom. The molecule has 0 aliphatic rings. The zero-order chi connectivity index (χ0) is 32.4. The summed E-state index contributed by atoms with van der Waals surface area (Å²) >= 11 is 0. The van der Waals surface area contributed by atoms with Crippen LogP contribution in [0.15, 0.2) is 54.6 Å². The Kier molecular flexibility index (Phi) is 11.9. The number of carbonyl (C=O) groups is 4. The second-order valence-electron chi connectivity index (χ2n) is 11.9. The number of amides is 3. The van der Waals surface area contributed by atoms with E-state index in [1.165, 1.54) is 6.92 Å². The van der Waals surface area contributed by atoms with Crippen LogP contribution in [-0.2, 0) is 30.3 Å². The van der Waals surface area contributed by atoms with E-state index in [1.807, 2.05) is 36.4 Å². The van der Waals surface area contributed by atoms with Crippen molar-refractivity contribution in [3.63, 3.8) is 0 Å². The predicted octanol–water partition coefficient (Wildman–Crippen LogP) is 4.04. The molecule has 3 atom stereocenters. The fraction of sp³-hybridized carbons (Fsp3) is 0.424. The largest absolute Gasteiger partial charge is 0.458 e. The summed E-state index contributed by atoms with van der Waals surface area (Å²) in [7, 11) is 0. The van der Waals surface area contributed by atoms with E-state index in [2.05, 4.69) is 16.6 Å². The van der Waals surface area contributed by atoms with Crippen molar-refractivity contribution < 1.29 is 28.7 Å². The molecule has 43 heavy (non-hydrogen) atoms. The number of carbonyl (C=O) groups excluding carboxylic acids is 4. The molecule has 0 saturated heterocycles. The lowest BCUT2D eigenvalue weighted by Crippen LogP contribution is -2.54. The standard InChI is InChI=1S/C33H40N4O6/c1-9-24-17-13-14-18-25(24)27(37(20-19-34)29(39)22(2)35-31(41)43-33(6,7)8)28(38)36-26(30(40)42-32(3,4)5)21-23-15-11-10-12-16-23/h1,10-18,22,26-27H,20-21H2,2-8H3,(H,35,41)(H,36,38). The van der Waals surface area contributed by atoms with Crippen LogP contribution < -0.4 is 10.6 Å². The Bertz CT molecular complexity index is 1380. The topological polar surface area (TPSA) is 138 Å². The summed E-state index contributed by atoms with van der Waals surface area (Å²) in [5, 5.41) is 14.9. The van der Waals surface area contributed by atoms with Crippen LogP contribution in [0.25, 0.3) is 0 Å². The minimum absolute atomic E-state index is 0.105. The number of esters is 1. The zero-order valence-corrected chi connectivity index (χ0v) is 25.8. The lowest BCUT2D eigenvalue weighted by atomic mass is 9.97. The van der Waals surface area contributed by atoms with Gasteiger partial charge in [0.1, 0.15) is 35.9 Å². The summed E-state index contributed by atoms with van der Waals surface area (Å²) < 4.78 is 10.9. The fourth-order valence-electron chi connectivity index (χ4n) is 4.15. The van der Waals surface area contributed by atoms with E-state index in [0.717, 1.165) is 10.5 Å². The Balaban J connectivity index is 2.55. The normalized spacial score (nSPS) is 13.2. The first-order valence-electron chi connectivity index (χ1n) is 13.9. The van der Waals surface area contributed by atoms with Gasteiger partial charge < -0.3 is 25.0 Å². The summed E-state index contributed by atoms with van der Waals surface area (Å²) in [6.07, 6.45) is 5.01. The lowest BCUT2D eigenvalue weighted by molar-refractivity contribution is -0.159. The number of benzene rings is 2. The van der Waals surface area contributed by atoms with E-state index in [4.69, 9.17) is 15.9 Å². The summed E-state index contributed by atoms with van der Waals surface area (Å²) in [5.74, 6) is 0.343. The van der Waals surface area contributed by atoms with Crippen molar-refractivity contribution in [2.45, 2.75) is 84.2 Å². The summed E-state index contributed by atoms with van der Waals surface area (Å²) in [5.41, 5.74) is -0.318. The molecule has 0 aliphatic carbocycles. The van der Waals surface area contributed by atoms with Crippen molar-refractivity contribution in [3.8, 4) is 18.4 Å². The molecule has 10 heteroatoms. The SMILES string of the molecule is C#Cc1ccccc1C(C(=O)NC(Cc1ccccc1)C(=O)OC(C)(C)C)N(CC#N)C(=O)C(C)NC(=O)OC(C)(C)C. The molecule has 0 fully saturated rings. The third kappa shape index (κ3) is 10.8. The number of nitriles is 1. The molecule has 228 valence electrons. The highest BCUT2D eigenvalue weighted by Crippen LogP contribution is 2.26. The first-order chi connectivity index (χ1) is 20.1. The van der Waals surface area contributed by atoms with Crippen LogP contribution in [0.5, 0.6) is 0 Å². The molecule has 0 radical (unpaired) electrons. The van der Waals surface area contributed by atoms with E-state index in [9.17, 15) is 24.4 Å². The highest BCUT2D eigenvalue weighted by atomic mass is 16.6. The van der Waals surface area contributed by atoms with Crippen LogP contribution in [0.2, 0.25) is 0 Å². The van der Waals surface area contributed by atoms with Crippen molar-refractivity contribution >= 4 is 23.9 Å². The molecule has 2 N–H and O–H groups in total. The maximum absolute atomic E-state index is 14.1. The van der Waals surface area contributed by atoms with Crippen molar-refractivity contribution in [1.82, 2.24) is 15.5 Å². The summed E-state index contributed by atoms with van der Waals surface area (Å²) in [6, 6.07) is 13.7. The maximum Gasteiger partial charge on any atom is 0.408 e. The van der Waals surface area contributed by atoms with Gasteiger partial charge >= 0.3 is 12.1 Å². The van der Waals surface area contributed by atoms with Crippen molar-refractivity contribution in [2.75, 3.05) is 6.54 Å². The molecule has 0 aliphatic heterocycles. The molecule has 10 nitrogen and oxygen atoms in total. The molecule has 2 rings (SSSR count). The number of hydrogen-bond acceptors (Lipinski definition) is 7. The average Bonchev–Trinajstić information content (AvgIpc) is 2.90. The van der Waals surface area contributed by atoms with Crippen molar-refractivity contribution in [2.24, 2.45) is 0 Å². The number of alkyl carbamates (subject to hydrolysis) is 1. The molecule has 2 aromatic rings.